The molecule has 2 nitrogen and oxygen atoms in total. The minimum absolute atomic E-state index is 0.622. The molecule has 0 aliphatic carbocycles. The van der Waals surface area contributed by atoms with Crippen molar-refractivity contribution in [3.8, 4) is 5.06 Å². The summed E-state index contributed by atoms with van der Waals surface area (Å²) in [5.41, 5.74) is 0. The zero-order valence-electron chi connectivity index (χ0n) is 9.47. The van der Waals surface area contributed by atoms with E-state index in [-0.39, 0.29) is 0 Å². The van der Waals surface area contributed by atoms with Gasteiger partial charge in [0, 0.05) is 17.5 Å². The first-order valence-corrected chi connectivity index (χ1v) is 6.87. The van der Waals surface area contributed by atoms with Gasteiger partial charge in [-0.05, 0) is 34.8 Å². The van der Waals surface area contributed by atoms with Crippen LogP contribution in [-0.2, 0) is 6.54 Å². The fourth-order valence-corrected chi connectivity index (χ4v) is 3.09. The van der Waals surface area contributed by atoms with E-state index in [0.717, 1.165) is 16.1 Å². The molecule has 0 unspecified atom stereocenters. The SMILES string of the molecule is CCC(CC)NCc1cc(Br)c(OC)s1. The minimum Gasteiger partial charge on any atom is -0.486 e. The fraction of sp³-hybridized carbons (Fsp3) is 0.636. The summed E-state index contributed by atoms with van der Waals surface area (Å²) in [4.78, 5) is 1.31. The van der Waals surface area contributed by atoms with Gasteiger partial charge >= 0.3 is 0 Å². The fourth-order valence-electron chi connectivity index (χ4n) is 1.45. The molecule has 1 aromatic rings. The number of nitrogens with one attached hydrogen (secondary N) is 1. The van der Waals surface area contributed by atoms with Gasteiger partial charge in [-0.2, -0.15) is 0 Å². The highest BCUT2D eigenvalue weighted by molar-refractivity contribution is 9.10. The minimum atomic E-state index is 0.622. The van der Waals surface area contributed by atoms with Crippen molar-refractivity contribution >= 4 is 27.3 Å². The third kappa shape index (κ3) is 3.78. The van der Waals surface area contributed by atoms with Gasteiger partial charge in [-0.15, -0.1) is 11.3 Å². The molecular formula is C11H18BrNOS. The van der Waals surface area contributed by atoms with E-state index in [4.69, 9.17) is 4.74 Å². The number of thiophene rings is 1. The molecule has 0 saturated heterocycles. The molecule has 0 spiro atoms. The summed E-state index contributed by atoms with van der Waals surface area (Å²) < 4.78 is 6.28. The Bertz CT molecular complexity index is 297. The van der Waals surface area contributed by atoms with E-state index < -0.39 is 0 Å². The number of methoxy groups -OCH3 is 1. The Kier molecular flexibility index (Phi) is 5.64. The standard InChI is InChI=1S/C11H18BrNOS/c1-4-8(5-2)13-7-9-6-10(12)11(14-3)15-9/h6,8,13H,4-5,7H2,1-3H3. The lowest BCUT2D eigenvalue weighted by Crippen LogP contribution is -2.26. The molecule has 0 atom stereocenters. The van der Waals surface area contributed by atoms with E-state index >= 15 is 0 Å². The van der Waals surface area contributed by atoms with Crippen LogP contribution in [0.1, 0.15) is 31.6 Å². The molecule has 1 N–H and O–H groups in total. The normalized spacial score (nSPS) is 11.0. The lowest BCUT2D eigenvalue weighted by molar-refractivity contribution is 0.425. The average Bonchev–Trinajstić information content (AvgIpc) is 2.60. The van der Waals surface area contributed by atoms with Crippen LogP contribution in [0.2, 0.25) is 0 Å². The number of ether oxygens (including phenoxy) is 1. The predicted octanol–water partition coefficient (Wildman–Crippen LogP) is 3.80. The maximum atomic E-state index is 5.23. The second-order valence-corrected chi connectivity index (χ2v) is 5.40. The number of hydrogen-bond acceptors (Lipinski definition) is 3. The van der Waals surface area contributed by atoms with Gasteiger partial charge in [0.05, 0.1) is 11.6 Å². The van der Waals surface area contributed by atoms with Crippen LogP contribution in [0, 0.1) is 0 Å². The first kappa shape index (κ1) is 13.0. The van der Waals surface area contributed by atoms with Crippen LogP contribution >= 0.6 is 27.3 Å². The molecule has 0 amide bonds. The molecule has 1 heterocycles. The van der Waals surface area contributed by atoms with Crippen molar-refractivity contribution in [2.24, 2.45) is 0 Å². The highest BCUT2D eigenvalue weighted by atomic mass is 79.9. The van der Waals surface area contributed by atoms with E-state index in [1.54, 1.807) is 18.4 Å². The van der Waals surface area contributed by atoms with Crippen LogP contribution in [-0.4, -0.2) is 13.2 Å². The number of halogens is 1. The smallest absolute Gasteiger partial charge is 0.188 e. The van der Waals surface area contributed by atoms with Crippen molar-refractivity contribution in [3.05, 3.63) is 15.4 Å². The lowest BCUT2D eigenvalue weighted by Gasteiger charge is -2.13. The Labute approximate surface area is 104 Å². The summed E-state index contributed by atoms with van der Waals surface area (Å²) in [5.74, 6) is 0. The van der Waals surface area contributed by atoms with E-state index in [9.17, 15) is 0 Å². The lowest BCUT2D eigenvalue weighted by atomic mass is 10.2. The van der Waals surface area contributed by atoms with Gasteiger partial charge in [-0.25, -0.2) is 0 Å². The molecule has 0 aliphatic heterocycles. The van der Waals surface area contributed by atoms with Crippen molar-refractivity contribution in [1.82, 2.24) is 5.32 Å². The van der Waals surface area contributed by atoms with Crippen molar-refractivity contribution in [3.63, 3.8) is 0 Å². The zero-order chi connectivity index (χ0) is 11.3. The molecular weight excluding hydrogens is 274 g/mol. The van der Waals surface area contributed by atoms with Crippen molar-refractivity contribution in [1.29, 1.82) is 0 Å². The van der Waals surface area contributed by atoms with Gasteiger partial charge in [0.1, 0.15) is 0 Å². The molecule has 15 heavy (non-hydrogen) atoms. The summed E-state index contributed by atoms with van der Waals surface area (Å²) in [5, 5.41) is 4.49. The molecule has 0 aromatic carbocycles. The van der Waals surface area contributed by atoms with Crippen molar-refractivity contribution in [2.45, 2.75) is 39.3 Å². The van der Waals surface area contributed by atoms with Crippen LogP contribution in [0.4, 0.5) is 0 Å². The van der Waals surface area contributed by atoms with Crippen LogP contribution in [0.25, 0.3) is 0 Å². The predicted molar refractivity (Wildman–Crippen MR) is 69.8 cm³/mol. The first-order valence-electron chi connectivity index (χ1n) is 5.26. The number of hydrogen-bond donors (Lipinski definition) is 1. The topological polar surface area (TPSA) is 21.3 Å². The quantitative estimate of drug-likeness (QED) is 0.861. The van der Waals surface area contributed by atoms with Gasteiger partial charge in [0.25, 0.3) is 0 Å². The van der Waals surface area contributed by atoms with Crippen molar-refractivity contribution < 1.29 is 4.74 Å². The van der Waals surface area contributed by atoms with Crippen LogP contribution in [0.5, 0.6) is 5.06 Å². The monoisotopic (exact) mass is 291 g/mol. The first-order chi connectivity index (χ1) is 7.21. The van der Waals surface area contributed by atoms with E-state index in [2.05, 4.69) is 41.2 Å². The maximum Gasteiger partial charge on any atom is 0.188 e. The van der Waals surface area contributed by atoms with Crippen LogP contribution in [0.3, 0.4) is 0 Å². The van der Waals surface area contributed by atoms with E-state index in [1.807, 2.05) is 0 Å². The summed E-state index contributed by atoms with van der Waals surface area (Å²) in [6, 6.07) is 2.75. The average molecular weight is 292 g/mol. The van der Waals surface area contributed by atoms with Gasteiger partial charge < -0.3 is 10.1 Å². The molecule has 0 bridgehead atoms. The second kappa shape index (κ2) is 6.51. The molecule has 1 rings (SSSR count). The Balaban J connectivity index is 2.50. The molecule has 0 aliphatic rings. The van der Waals surface area contributed by atoms with E-state index in [1.165, 1.54) is 17.7 Å². The van der Waals surface area contributed by atoms with Crippen LogP contribution in [0.15, 0.2) is 10.5 Å². The van der Waals surface area contributed by atoms with Crippen LogP contribution < -0.4 is 10.1 Å². The third-order valence-electron chi connectivity index (χ3n) is 2.44. The second-order valence-electron chi connectivity index (χ2n) is 3.45. The Morgan fingerprint density at radius 3 is 2.60 bits per heavy atom. The molecule has 0 saturated carbocycles. The largest absolute Gasteiger partial charge is 0.486 e. The Morgan fingerprint density at radius 1 is 1.47 bits per heavy atom. The Hall–Kier alpha value is -0.0600. The molecule has 0 fully saturated rings. The van der Waals surface area contributed by atoms with Gasteiger partial charge in [0.2, 0.25) is 0 Å². The zero-order valence-corrected chi connectivity index (χ0v) is 11.9. The molecule has 1 aromatic heterocycles. The third-order valence-corrected chi connectivity index (χ3v) is 4.39. The summed E-state index contributed by atoms with van der Waals surface area (Å²) in [7, 11) is 1.70. The summed E-state index contributed by atoms with van der Waals surface area (Å²) in [6.45, 7) is 5.36. The summed E-state index contributed by atoms with van der Waals surface area (Å²) in [6.07, 6.45) is 2.36. The van der Waals surface area contributed by atoms with Crippen molar-refractivity contribution in [2.75, 3.05) is 7.11 Å². The molecule has 86 valence electrons. The molecule has 0 radical (unpaired) electrons. The highest BCUT2D eigenvalue weighted by Crippen LogP contribution is 2.34. The molecule has 4 heteroatoms. The van der Waals surface area contributed by atoms with E-state index in [0.29, 0.717) is 6.04 Å². The summed E-state index contributed by atoms with van der Waals surface area (Å²) >= 11 is 5.17. The Morgan fingerprint density at radius 2 is 2.13 bits per heavy atom. The van der Waals surface area contributed by atoms with Gasteiger partial charge in [0.15, 0.2) is 5.06 Å². The van der Waals surface area contributed by atoms with Gasteiger partial charge in [-0.1, -0.05) is 13.8 Å². The van der Waals surface area contributed by atoms with Gasteiger partial charge in [-0.3, -0.25) is 0 Å². The maximum absolute atomic E-state index is 5.23. The highest BCUT2D eigenvalue weighted by Gasteiger charge is 2.08. The number of rotatable bonds is 6.